The summed E-state index contributed by atoms with van der Waals surface area (Å²) in [4.78, 5) is 19.5. The first kappa shape index (κ1) is 17.6. The first-order valence-electron chi connectivity index (χ1n) is 9.21. The van der Waals surface area contributed by atoms with Gasteiger partial charge in [0.05, 0.1) is 6.04 Å². The van der Waals surface area contributed by atoms with E-state index in [1.807, 2.05) is 6.92 Å². The number of thiophene rings is 1. The number of rotatable bonds is 5. The molecule has 2 fully saturated rings. The molecule has 4 heterocycles. The van der Waals surface area contributed by atoms with Crippen molar-refractivity contribution in [3.8, 4) is 0 Å². The van der Waals surface area contributed by atoms with Gasteiger partial charge in [-0.3, -0.25) is 14.8 Å². The summed E-state index contributed by atoms with van der Waals surface area (Å²) in [6.07, 6.45) is 2.48. The number of nitrogens with one attached hydrogen (secondary N) is 2. The van der Waals surface area contributed by atoms with Gasteiger partial charge in [0.2, 0.25) is 5.91 Å². The second-order valence-corrected chi connectivity index (χ2v) is 7.96. The molecule has 0 unspecified atom stereocenters. The zero-order chi connectivity index (χ0) is 17.9. The van der Waals surface area contributed by atoms with E-state index in [9.17, 15) is 4.79 Å². The lowest BCUT2D eigenvalue weighted by Gasteiger charge is -2.23. The molecule has 26 heavy (non-hydrogen) atoms. The average molecular weight is 375 g/mol. The van der Waals surface area contributed by atoms with Gasteiger partial charge in [0.15, 0.2) is 5.82 Å². The van der Waals surface area contributed by atoms with Gasteiger partial charge in [-0.2, -0.15) is 16.4 Å². The second-order valence-electron chi connectivity index (χ2n) is 7.18. The Bertz CT molecular complexity index is 726. The zero-order valence-electron chi connectivity index (χ0n) is 15.0. The molecule has 0 radical (unpaired) electrons. The fraction of sp³-hybridized carbons (Fsp3) is 0.611. The van der Waals surface area contributed by atoms with Crippen LogP contribution in [0.25, 0.3) is 0 Å². The lowest BCUT2D eigenvalue weighted by molar-refractivity contribution is -0.128. The van der Waals surface area contributed by atoms with E-state index in [0.29, 0.717) is 13.2 Å². The van der Waals surface area contributed by atoms with Crippen molar-refractivity contribution in [3.05, 3.63) is 34.0 Å². The summed E-state index contributed by atoms with van der Waals surface area (Å²) in [5.74, 6) is 1.89. The Morgan fingerprint density at radius 3 is 3.00 bits per heavy atom. The molecular weight excluding hydrogens is 350 g/mol. The average Bonchev–Trinajstić information content (AvgIpc) is 3.38. The van der Waals surface area contributed by atoms with Gasteiger partial charge in [0.1, 0.15) is 5.82 Å². The van der Waals surface area contributed by atoms with Crippen LogP contribution in [-0.2, 0) is 16.1 Å². The van der Waals surface area contributed by atoms with E-state index in [1.54, 1.807) is 11.3 Å². The molecule has 0 saturated carbocycles. The number of aryl methyl sites for hydroxylation is 1. The number of aromatic amines is 1. The van der Waals surface area contributed by atoms with Crippen LogP contribution in [0.5, 0.6) is 0 Å². The smallest absolute Gasteiger partial charge is 0.223 e. The molecule has 2 atom stereocenters. The molecule has 140 valence electrons. The highest BCUT2D eigenvalue weighted by atomic mass is 32.1. The Labute approximate surface area is 157 Å². The molecule has 2 aliphatic rings. The van der Waals surface area contributed by atoms with Gasteiger partial charge >= 0.3 is 0 Å². The normalized spacial score (nSPS) is 24.8. The minimum absolute atomic E-state index is 0.0823. The quantitative estimate of drug-likeness (QED) is 0.836. The minimum Gasteiger partial charge on any atom is -0.381 e. The molecule has 0 aliphatic carbocycles. The maximum atomic E-state index is 12.6. The monoisotopic (exact) mass is 375 g/mol. The van der Waals surface area contributed by atoms with Gasteiger partial charge in [-0.25, -0.2) is 4.98 Å². The van der Waals surface area contributed by atoms with Crippen molar-refractivity contribution >= 4 is 17.2 Å². The Hall–Kier alpha value is -1.77. The van der Waals surface area contributed by atoms with Gasteiger partial charge in [-0.1, -0.05) is 0 Å². The van der Waals surface area contributed by atoms with Crippen LogP contribution in [0.2, 0.25) is 0 Å². The van der Waals surface area contributed by atoms with Gasteiger partial charge < -0.3 is 10.1 Å². The summed E-state index contributed by atoms with van der Waals surface area (Å²) in [7, 11) is 0. The standard InChI is InChI=1S/C18H25N5O2S/c1-12-19-17(22-21-12)16-8-15(10-23(16)9-13-4-7-26-11-13)20-18(24)14-2-5-25-6-3-14/h4,7,11,14-16H,2-3,5-6,8-10H2,1H3,(H,20,24)(H,19,21,22)/t15-,16-/m0/s1. The predicted molar refractivity (Wildman–Crippen MR) is 98.7 cm³/mol. The van der Waals surface area contributed by atoms with E-state index >= 15 is 0 Å². The van der Waals surface area contributed by atoms with Crippen molar-refractivity contribution in [2.24, 2.45) is 5.92 Å². The third kappa shape index (κ3) is 3.97. The van der Waals surface area contributed by atoms with Crippen molar-refractivity contribution in [1.82, 2.24) is 25.4 Å². The largest absolute Gasteiger partial charge is 0.381 e. The molecule has 2 aromatic rings. The van der Waals surface area contributed by atoms with Crippen LogP contribution in [0, 0.1) is 12.8 Å². The minimum atomic E-state index is 0.0823. The number of likely N-dealkylation sites (tertiary alicyclic amines) is 1. The van der Waals surface area contributed by atoms with Crippen LogP contribution < -0.4 is 5.32 Å². The number of carbonyl (C=O) groups is 1. The van der Waals surface area contributed by atoms with E-state index in [2.05, 4.69) is 42.2 Å². The molecule has 8 heteroatoms. The predicted octanol–water partition coefficient (Wildman–Crippen LogP) is 2.03. The highest BCUT2D eigenvalue weighted by Gasteiger charge is 2.37. The zero-order valence-corrected chi connectivity index (χ0v) is 15.8. The molecule has 0 spiro atoms. The van der Waals surface area contributed by atoms with E-state index in [0.717, 1.165) is 44.0 Å². The lowest BCUT2D eigenvalue weighted by Crippen LogP contribution is -2.42. The van der Waals surface area contributed by atoms with E-state index < -0.39 is 0 Å². The summed E-state index contributed by atoms with van der Waals surface area (Å²) in [5.41, 5.74) is 1.30. The maximum Gasteiger partial charge on any atom is 0.223 e. The molecule has 2 N–H and O–H groups in total. The van der Waals surface area contributed by atoms with E-state index in [4.69, 9.17) is 4.74 Å². The number of aromatic nitrogens is 3. The lowest BCUT2D eigenvalue weighted by atomic mass is 9.99. The Kier molecular flexibility index (Phi) is 5.33. The molecule has 0 aromatic carbocycles. The first-order chi connectivity index (χ1) is 12.7. The summed E-state index contributed by atoms with van der Waals surface area (Å²) in [6, 6.07) is 2.41. The number of ether oxygens (including phenoxy) is 1. The van der Waals surface area contributed by atoms with Gasteiger partial charge in [-0.15, -0.1) is 0 Å². The van der Waals surface area contributed by atoms with Gasteiger partial charge in [0, 0.05) is 38.3 Å². The van der Waals surface area contributed by atoms with Gasteiger partial charge in [0.25, 0.3) is 0 Å². The fourth-order valence-electron chi connectivity index (χ4n) is 3.86. The van der Waals surface area contributed by atoms with E-state index in [1.165, 1.54) is 5.56 Å². The summed E-state index contributed by atoms with van der Waals surface area (Å²) in [6.45, 7) is 4.96. The number of hydrogen-bond donors (Lipinski definition) is 2. The van der Waals surface area contributed by atoms with Crippen molar-refractivity contribution < 1.29 is 9.53 Å². The highest BCUT2D eigenvalue weighted by molar-refractivity contribution is 7.07. The summed E-state index contributed by atoms with van der Waals surface area (Å²) in [5, 5.41) is 14.9. The van der Waals surface area contributed by atoms with Gasteiger partial charge in [-0.05, 0) is 48.6 Å². The number of H-pyrrole nitrogens is 1. The molecule has 7 nitrogen and oxygen atoms in total. The topological polar surface area (TPSA) is 83.1 Å². The molecular formula is C18H25N5O2S. The second kappa shape index (κ2) is 7.85. The van der Waals surface area contributed by atoms with Crippen LogP contribution >= 0.6 is 11.3 Å². The molecule has 2 aromatic heterocycles. The Morgan fingerprint density at radius 2 is 2.31 bits per heavy atom. The third-order valence-corrected chi connectivity index (χ3v) is 5.95. The molecule has 4 rings (SSSR count). The molecule has 2 aliphatic heterocycles. The maximum absolute atomic E-state index is 12.6. The third-order valence-electron chi connectivity index (χ3n) is 5.22. The van der Waals surface area contributed by atoms with Crippen molar-refractivity contribution in [2.45, 2.75) is 44.8 Å². The van der Waals surface area contributed by atoms with Crippen molar-refractivity contribution in [2.75, 3.05) is 19.8 Å². The molecule has 0 bridgehead atoms. The number of nitrogens with zero attached hydrogens (tertiary/aromatic N) is 3. The van der Waals surface area contributed by atoms with Crippen LogP contribution in [-0.4, -0.2) is 51.8 Å². The molecule has 2 saturated heterocycles. The molecule has 1 amide bonds. The number of amides is 1. The Balaban J connectivity index is 1.44. The van der Waals surface area contributed by atoms with Crippen molar-refractivity contribution in [3.63, 3.8) is 0 Å². The fourth-order valence-corrected chi connectivity index (χ4v) is 4.52. The Morgan fingerprint density at radius 1 is 1.46 bits per heavy atom. The number of hydrogen-bond acceptors (Lipinski definition) is 6. The van der Waals surface area contributed by atoms with Crippen LogP contribution in [0.3, 0.4) is 0 Å². The van der Waals surface area contributed by atoms with Crippen LogP contribution in [0.15, 0.2) is 16.8 Å². The number of carbonyl (C=O) groups excluding carboxylic acids is 1. The van der Waals surface area contributed by atoms with Crippen LogP contribution in [0.4, 0.5) is 0 Å². The van der Waals surface area contributed by atoms with E-state index in [-0.39, 0.29) is 23.9 Å². The van der Waals surface area contributed by atoms with Crippen molar-refractivity contribution in [1.29, 1.82) is 0 Å². The highest BCUT2D eigenvalue weighted by Crippen LogP contribution is 2.32. The SMILES string of the molecule is Cc1nc([C@@H]2C[C@H](NC(=O)C3CCOCC3)CN2Cc2ccsc2)n[nH]1. The summed E-state index contributed by atoms with van der Waals surface area (Å²) < 4.78 is 5.37. The van der Waals surface area contributed by atoms with Crippen LogP contribution in [0.1, 0.15) is 42.5 Å². The first-order valence-corrected chi connectivity index (χ1v) is 10.2. The summed E-state index contributed by atoms with van der Waals surface area (Å²) >= 11 is 1.71.